The van der Waals surface area contributed by atoms with E-state index in [0.717, 1.165) is 6.26 Å². The van der Waals surface area contributed by atoms with Crippen molar-refractivity contribution in [3.63, 3.8) is 0 Å². The first-order chi connectivity index (χ1) is 7.73. The van der Waals surface area contributed by atoms with Crippen molar-refractivity contribution in [2.45, 2.75) is 6.92 Å². The van der Waals surface area contributed by atoms with Crippen molar-refractivity contribution in [3.05, 3.63) is 0 Å². The van der Waals surface area contributed by atoms with Crippen LogP contribution >= 0.6 is 0 Å². The molecule has 0 atom stereocenters. The van der Waals surface area contributed by atoms with Crippen LogP contribution in [0, 0.1) is 0 Å². The molecule has 0 aromatic rings. The van der Waals surface area contributed by atoms with Gasteiger partial charge in [0.05, 0.1) is 18.6 Å². The second-order valence-corrected chi connectivity index (χ2v) is 7.53. The Hall–Kier alpha value is -0.220. The second kappa shape index (κ2) is 7.27. The molecule has 0 amide bonds. The summed E-state index contributed by atoms with van der Waals surface area (Å²) >= 11 is 0. The molecule has 0 heterocycles. The van der Waals surface area contributed by atoms with Crippen LogP contribution in [-0.4, -0.2) is 66.5 Å². The highest BCUT2D eigenvalue weighted by Gasteiger charge is 2.16. The summed E-state index contributed by atoms with van der Waals surface area (Å²) < 4.78 is 53.3. The van der Waals surface area contributed by atoms with Gasteiger partial charge in [-0.15, -0.1) is 0 Å². The maximum atomic E-state index is 11.4. The lowest BCUT2D eigenvalue weighted by Gasteiger charge is -2.19. The molecule has 9 heteroatoms. The zero-order valence-corrected chi connectivity index (χ0v) is 12.0. The van der Waals surface area contributed by atoms with Crippen LogP contribution in [0.5, 0.6) is 0 Å². The number of sulfonamides is 2. The van der Waals surface area contributed by atoms with E-state index in [2.05, 4.69) is 4.72 Å². The molecule has 0 aromatic carbocycles. The minimum absolute atomic E-state index is 0.0239. The Bertz CT molecular complexity index is 404. The van der Waals surface area contributed by atoms with Gasteiger partial charge in [0, 0.05) is 26.7 Å². The second-order valence-electron chi connectivity index (χ2n) is 3.45. The van der Waals surface area contributed by atoms with E-state index in [1.165, 1.54) is 18.3 Å². The monoisotopic (exact) mass is 288 g/mol. The summed E-state index contributed by atoms with van der Waals surface area (Å²) in [4.78, 5) is 0. The molecule has 0 fully saturated rings. The summed E-state index contributed by atoms with van der Waals surface area (Å²) in [6.07, 6.45) is 1.08. The van der Waals surface area contributed by atoms with E-state index in [0.29, 0.717) is 0 Å². The largest absolute Gasteiger partial charge is 0.383 e. The number of rotatable bonds is 9. The van der Waals surface area contributed by atoms with Gasteiger partial charge in [0.15, 0.2) is 0 Å². The molecular weight excluding hydrogens is 268 g/mol. The molecule has 104 valence electrons. The van der Waals surface area contributed by atoms with E-state index in [-0.39, 0.29) is 32.0 Å². The molecule has 0 radical (unpaired) electrons. The van der Waals surface area contributed by atoms with Crippen LogP contribution in [0.15, 0.2) is 0 Å². The third kappa shape index (κ3) is 7.66. The lowest BCUT2D eigenvalue weighted by molar-refractivity contribution is 0.179. The zero-order valence-electron chi connectivity index (χ0n) is 10.3. The van der Waals surface area contributed by atoms with E-state index in [4.69, 9.17) is 4.74 Å². The molecular formula is C8H20N2O5S2. The summed E-state index contributed by atoms with van der Waals surface area (Å²) in [5.41, 5.74) is 0. The van der Waals surface area contributed by atoms with E-state index in [1.54, 1.807) is 0 Å². The number of hydrogen-bond donors (Lipinski definition) is 1. The first kappa shape index (κ1) is 16.8. The van der Waals surface area contributed by atoms with Gasteiger partial charge in [0.1, 0.15) is 0 Å². The number of nitrogens with zero attached hydrogens (tertiary/aromatic N) is 1. The fraction of sp³-hybridized carbons (Fsp3) is 1.00. The third-order valence-electron chi connectivity index (χ3n) is 2.08. The summed E-state index contributed by atoms with van der Waals surface area (Å²) in [6.45, 7) is 2.16. The Morgan fingerprint density at radius 2 is 1.76 bits per heavy atom. The molecule has 17 heavy (non-hydrogen) atoms. The van der Waals surface area contributed by atoms with Crippen LogP contribution in [0.3, 0.4) is 0 Å². The quantitative estimate of drug-likeness (QED) is 0.577. The fourth-order valence-corrected chi connectivity index (χ4v) is 2.50. The van der Waals surface area contributed by atoms with E-state index in [9.17, 15) is 16.8 Å². The average Bonchev–Trinajstić information content (AvgIpc) is 2.21. The topological polar surface area (TPSA) is 92.8 Å². The van der Waals surface area contributed by atoms with Crippen molar-refractivity contribution in [1.29, 1.82) is 0 Å². The minimum Gasteiger partial charge on any atom is -0.383 e. The van der Waals surface area contributed by atoms with Gasteiger partial charge in [-0.3, -0.25) is 0 Å². The number of nitrogens with one attached hydrogen (secondary N) is 1. The predicted molar refractivity (Wildman–Crippen MR) is 65.8 cm³/mol. The highest BCUT2D eigenvalue weighted by atomic mass is 32.2. The van der Waals surface area contributed by atoms with Crippen LogP contribution in [0.2, 0.25) is 0 Å². The molecule has 0 saturated heterocycles. The summed E-state index contributed by atoms with van der Waals surface area (Å²) in [5, 5.41) is 0. The van der Waals surface area contributed by atoms with Crippen molar-refractivity contribution < 1.29 is 21.6 Å². The molecule has 0 bridgehead atoms. The lowest BCUT2D eigenvalue weighted by Crippen LogP contribution is -2.40. The third-order valence-corrected chi connectivity index (χ3v) is 4.78. The molecule has 0 aliphatic carbocycles. The molecule has 0 rings (SSSR count). The molecule has 0 aromatic heterocycles. The average molecular weight is 288 g/mol. The van der Waals surface area contributed by atoms with Gasteiger partial charge in [-0.05, 0) is 6.92 Å². The first-order valence-corrected chi connectivity index (χ1v) is 8.64. The molecule has 0 aliphatic heterocycles. The van der Waals surface area contributed by atoms with Crippen molar-refractivity contribution in [1.82, 2.24) is 9.03 Å². The van der Waals surface area contributed by atoms with Gasteiger partial charge < -0.3 is 4.74 Å². The zero-order chi connectivity index (χ0) is 13.5. The van der Waals surface area contributed by atoms with Gasteiger partial charge in [-0.1, -0.05) is 0 Å². The van der Waals surface area contributed by atoms with E-state index < -0.39 is 20.0 Å². The van der Waals surface area contributed by atoms with Gasteiger partial charge in [0.25, 0.3) is 0 Å². The Kier molecular flexibility index (Phi) is 7.17. The Labute approximate surface area is 103 Å². The fourth-order valence-electron chi connectivity index (χ4n) is 1.06. The Balaban J connectivity index is 4.28. The van der Waals surface area contributed by atoms with Crippen molar-refractivity contribution in [2.24, 2.45) is 0 Å². The van der Waals surface area contributed by atoms with Crippen LogP contribution in [0.4, 0.5) is 0 Å². The Morgan fingerprint density at radius 1 is 1.18 bits per heavy atom. The van der Waals surface area contributed by atoms with Crippen molar-refractivity contribution >= 4 is 20.0 Å². The van der Waals surface area contributed by atoms with Crippen LogP contribution in [0.25, 0.3) is 0 Å². The Morgan fingerprint density at radius 3 is 2.18 bits per heavy atom. The molecule has 0 aliphatic rings. The van der Waals surface area contributed by atoms with Crippen molar-refractivity contribution in [2.75, 3.05) is 45.4 Å². The van der Waals surface area contributed by atoms with Gasteiger partial charge in [0.2, 0.25) is 20.0 Å². The van der Waals surface area contributed by atoms with E-state index >= 15 is 0 Å². The molecule has 7 nitrogen and oxygen atoms in total. The number of ether oxygens (including phenoxy) is 1. The number of methoxy groups -OCH3 is 1. The summed E-state index contributed by atoms with van der Waals surface area (Å²) in [6, 6.07) is 0. The predicted octanol–water partition coefficient (Wildman–Crippen LogP) is -1.17. The minimum atomic E-state index is -3.34. The van der Waals surface area contributed by atoms with Crippen LogP contribution < -0.4 is 4.72 Å². The summed E-state index contributed by atoms with van der Waals surface area (Å²) in [5.74, 6) is -0.0239. The first-order valence-electron chi connectivity index (χ1n) is 5.14. The van der Waals surface area contributed by atoms with Crippen LogP contribution in [-0.2, 0) is 24.8 Å². The maximum absolute atomic E-state index is 11.4. The van der Waals surface area contributed by atoms with Crippen molar-refractivity contribution in [3.8, 4) is 0 Å². The molecule has 0 spiro atoms. The SMILES string of the molecule is CCS(=O)(=O)NCCN(CCOC)S(C)(=O)=O. The summed E-state index contributed by atoms with van der Waals surface area (Å²) in [7, 11) is -5.15. The standard InChI is InChI=1S/C8H20N2O5S2/c1-4-17(13,14)9-5-6-10(7-8-15-2)16(3,11)12/h9H,4-8H2,1-3H3. The van der Waals surface area contributed by atoms with Gasteiger partial charge >= 0.3 is 0 Å². The smallest absolute Gasteiger partial charge is 0.211 e. The molecule has 1 N–H and O–H groups in total. The molecule has 0 unspecified atom stereocenters. The molecule has 0 saturated carbocycles. The van der Waals surface area contributed by atoms with Gasteiger partial charge in [-0.2, -0.15) is 4.31 Å². The highest BCUT2D eigenvalue weighted by Crippen LogP contribution is 1.97. The highest BCUT2D eigenvalue weighted by molar-refractivity contribution is 7.89. The van der Waals surface area contributed by atoms with Gasteiger partial charge in [-0.25, -0.2) is 21.6 Å². The lowest BCUT2D eigenvalue weighted by atomic mass is 10.6. The van der Waals surface area contributed by atoms with E-state index in [1.807, 2.05) is 0 Å². The van der Waals surface area contributed by atoms with Crippen LogP contribution in [0.1, 0.15) is 6.92 Å². The number of hydrogen-bond acceptors (Lipinski definition) is 5. The maximum Gasteiger partial charge on any atom is 0.211 e. The normalized spacial score (nSPS) is 13.2.